The average Bonchev–Trinajstić information content (AvgIpc) is 2.50. The van der Waals surface area contributed by atoms with E-state index in [9.17, 15) is 5.11 Å². The average molecular weight is 248 g/mol. The minimum absolute atomic E-state index is 0.275. The number of nitrogens with zero attached hydrogens (tertiary/aromatic N) is 1. The SMILES string of the molecule is CC1CN(CC(O)C(C)C)c2ccccc2CN1. The highest BCUT2D eigenvalue weighted by Gasteiger charge is 2.21. The molecule has 0 aromatic heterocycles. The second kappa shape index (κ2) is 5.72. The van der Waals surface area contributed by atoms with Gasteiger partial charge < -0.3 is 15.3 Å². The zero-order chi connectivity index (χ0) is 13.1. The fourth-order valence-corrected chi connectivity index (χ4v) is 2.36. The van der Waals surface area contributed by atoms with Gasteiger partial charge in [0, 0.05) is 31.4 Å². The molecule has 2 atom stereocenters. The van der Waals surface area contributed by atoms with Crippen molar-refractivity contribution in [3.63, 3.8) is 0 Å². The number of para-hydroxylation sites is 1. The lowest BCUT2D eigenvalue weighted by molar-refractivity contribution is 0.130. The van der Waals surface area contributed by atoms with E-state index in [-0.39, 0.29) is 6.10 Å². The van der Waals surface area contributed by atoms with Crippen molar-refractivity contribution < 1.29 is 5.11 Å². The van der Waals surface area contributed by atoms with Gasteiger partial charge >= 0.3 is 0 Å². The van der Waals surface area contributed by atoms with Crippen LogP contribution in [0.4, 0.5) is 5.69 Å². The second-order valence-electron chi connectivity index (χ2n) is 5.63. The summed E-state index contributed by atoms with van der Waals surface area (Å²) in [5.74, 6) is 0.295. The predicted molar refractivity (Wildman–Crippen MR) is 75.8 cm³/mol. The number of aliphatic hydroxyl groups excluding tert-OH is 1. The maximum Gasteiger partial charge on any atom is 0.0737 e. The molecule has 0 aliphatic carbocycles. The summed E-state index contributed by atoms with van der Waals surface area (Å²) in [7, 11) is 0. The molecular weight excluding hydrogens is 224 g/mol. The van der Waals surface area contributed by atoms with Crippen LogP contribution >= 0.6 is 0 Å². The molecule has 1 aromatic rings. The first-order valence-electron chi connectivity index (χ1n) is 6.82. The Morgan fingerprint density at radius 1 is 1.39 bits per heavy atom. The van der Waals surface area contributed by atoms with Crippen molar-refractivity contribution in [3.8, 4) is 0 Å². The van der Waals surface area contributed by atoms with Crippen LogP contribution in [0.5, 0.6) is 0 Å². The number of nitrogens with one attached hydrogen (secondary N) is 1. The van der Waals surface area contributed by atoms with Crippen LogP contribution in [0.3, 0.4) is 0 Å². The molecule has 1 aliphatic heterocycles. The van der Waals surface area contributed by atoms with Crippen LogP contribution in [-0.2, 0) is 6.54 Å². The van der Waals surface area contributed by atoms with E-state index in [4.69, 9.17) is 0 Å². The molecule has 2 unspecified atom stereocenters. The molecule has 0 saturated heterocycles. The Balaban J connectivity index is 2.21. The van der Waals surface area contributed by atoms with E-state index < -0.39 is 0 Å². The van der Waals surface area contributed by atoms with Gasteiger partial charge in [-0.3, -0.25) is 0 Å². The van der Waals surface area contributed by atoms with Crippen LogP contribution in [0, 0.1) is 5.92 Å². The molecule has 1 aliphatic rings. The Kier molecular flexibility index (Phi) is 4.25. The van der Waals surface area contributed by atoms with Crippen molar-refractivity contribution in [1.29, 1.82) is 0 Å². The van der Waals surface area contributed by atoms with Crippen molar-refractivity contribution in [2.24, 2.45) is 5.92 Å². The summed E-state index contributed by atoms with van der Waals surface area (Å²) in [6, 6.07) is 8.91. The third-order valence-electron chi connectivity index (χ3n) is 3.64. The molecule has 1 aromatic carbocycles. The van der Waals surface area contributed by atoms with Gasteiger partial charge in [0.15, 0.2) is 0 Å². The van der Waals surface area contributed by atoms with Gasteiger partial charge in [-0.1, -0.05) is 32.0 Å². The maximum absolute atomic E-state index is 10.1. The molecule has 2 rings (SSSR count). The Labute approximate surface area is 110 Å². The molecule has 0 spiro atoms. The molecule has 3 heteroatoms. The Hall–Kier alpha value is -1.06. The Morgan fingerprint density at radius 2 is 2.11 bits per heavy atom. The van der Waals surface area contributed by atoms with Crippen molar-refractivity contribution in [3.05, 3.63) is 29.8 Å². The molecule has 0 fully saturated rings. The first-order valence-corrected chi connectivity index (χ1v) is 6.82. The highest BCUT2D eigenvalue weighted by atomic mass is 16.3. The van der Waals surface area contributed by atoms with Gasteiger partial charge in [0.05, 0.1) is 6.10 Å². The zero-order valence-electron chi connectivity index (χ0n) is 11.6. The van der Waals surface area contributed by atoms with Crippen molar-refractivity contribution in [1.82, 2.24) is 5.32 Å². The monoisotopic (exact) mass is 248 g/mol. The van der Waals surface area contributed by atoms with E-state index >= 15 is 0 Å². The smallest absolute Gasteiger partial charge is 0.0737 e. The number of β-amino-alcohol motifs (C(OH)–C–C–N with tert-alkyl or cyclic N) is 1. The van der Waals surface area contributed by atoms with Gasteiger partial charge in [-0.15, -0.1) is 0 Å². The minimum atomic E-state index is -0.275. The van der Waals surface area contributed by atoms with E-state index in [1.54, 1.807) is 0 Å². The highest BCUT2D eigenvalue weighted by molar-refractivity contribution is 5.54. The largest absolute Gasteiger partial charge is 0.391 e. The van der Waals surface area contributed by atoms with E-state index in [1.165, 1.54) is 11.3 Å². The van der Waals surface area contributed by atoms with Gasteiger partial charge in [0.1, 0.15) is 0 Å². The highest BCUT2D eigenvalue weighted by Crippen LogP contribution is 2.24. The van der Waals surface area contributed by atoms with Crippen LogP contribution in [0.25, 0.3) is 0 Å². The van der Waals surface area contributed by atoms with E-state index in [1.807, 2.05) is 0 Å². The molecule has 1 heterocycles. The van der Waals surface area contributed by atoms with Gasteiger partial charge in [0.25, 0.3) is 0 Å². The minimum Gasteiger partial charge on any atom is -0.391 e. The normalized spacial score (nSPS) is 21.6. The molecule has 3 nitrogen and oxygen atoms in total. The third kappa shape index (κ3) is 3.03. The van der Waals surface area contributed by atoms with Gasteiger partial charge in [-0.25, -0.2) is 0 Å². The molecule has 0 bridgehead atoms. The molecule has 18 heavy (non-hydrogen) atoms. The van der Waals surface area contributed by atoms with E-state index in [2.05, 4.69) is 55.3 Å². The number of fused-ring (bicyclic) bond motifs is 1. The van der Waals surface area contributed by atoms with Crippen LogP contribution in [0.1, 0.15) is 26.3 Å². The molecule has 0 amide bonds. The lowest BCUT2D eigenvalue weighted by Crippen LogP contribution is -2.41. The fourth-order valence-electron chi connectivity index (χ4n) is 2.36. The molecule has 2 N–H and O–H groups in total. The summed E-state index contributed by atoms with van der Waals surface area (Å²) in [5, 5.41) is 13.6. The first kappa shape index (κ1) is 13.4. The Bertz CT molecular complexity index is 392. The van der Waals surface area contributed by atoms with Gasteiger partial charge in [-0.2, -0.15) is 0 Å². The lowest BCUT2D eigenvalue weighted by atomic mass is 10.1. The van der Waals surface area contributed by atoms with E-state index in [0.29, 0.717) is 18.5 Å². The predicted octanol–water partition coefficient (Wildman–Crippen LogP) is 2.00. The standard InChI is InChI=1S/C15H24N2O/c1-11(2)15(18)10-17-9-12(3)16-8-13-6-4-5-7-14(13)17/h4-7,11-12,15-16,18H,8-10H2,1-3H3. The van der Waals surface area contributed by atoms with Crippen molar-refractivity contribution in [2.75, 3.05) is 18.0 Å². The molecule has 0 radical (unpaired) electrons. The van der Waals surface area contributed by atoms with Crippen LogP contribution < -0.4 is 10.2 Å². The lowest BCUT2D eigenvalue weighted by Gasteiger charge is -2.30. The van der Waals surface area contributed by atoms with Crippen LogP contribution in [0.2, 0.25) is 0 Å². The van der Waals surface area contributed by atoms with Gasteiger partial charge in [0.2, 0.25) is 0 Å². The number of hydrogen-bond acceptors (Lipinski definition) is 3. The number of rotatable bonds is 3. The number of aliphatic hydroxyl groups is 1. The van der Waals surface area contributed by atoms with Crippen LogP contribution in [0.15, 0.2) is 24.3 Å². The summed E-state index contributed by atoms with van der Waals surface area (Å²) in [5.41, 5.74) is 2.58. The first-order chi connectivity index (χ1) is 8.58. The summed E-state index contributed by atoms with van der Waals surface area (Å²) in [4.78, 5) is 2.31. The number of benzene rings is 1. The zero-order valence-corrected chi connectivity index (χ0v) is 11.6. The van der Waals surface area contributed by atoms with Crippen molar-refractivity contribution in [2.45, 2.75) is 39.5 Å². The summed E-state index contributed by atoms with van der Waals surface area (Å²) in [6.45, 7) is 8.89. The van der Waals surface area contributed by atoms with E-state index in [0.717, 1.165) is 13.1 Å². The van der Waals surface area contributed by atoms with Gasteiger partial charge in [-0.05, 0) is 24.5 Å². The Morgan fingerprint density at radius 3 is 2.83 bits per heavy atom. The fraction of sp³-hybridized carbons (Fsp3) is 0.600. The molecule has 0 saturated carbocycles. The summed E-state index contributed by atoms with van der Waals surface area (Å²) >= 11 is 0. The summed E-state index contributed by atoms with van der Waals surface area (Å²) in [6.07, 6.45) is -0.275. The summed E-state index contributed by atoms with van der Waals surface area (Å²) < 4.78 is 0. The quantitative estimate of drug-likeness (QED) is 0.859. The third-order valence-corrected chi connectivity index (χ3v) is 3.64. The van der Waals surface area contributed by atoms with Crippen LogP contribution in [-0.4, -0.2) is 30.3 Å². The second-order valence-corrected chi connectivity index (χ2v) is 5.63. The van der Waals surface area contributed by atoms with Crippen molar-refractivity contribution >= 4 is 5.69 Å². The number of anilines is 1. The molecular formula is C15H24N2O. The topological polar surface area (TPSA) is 35.5 Å². The number of hydrogen-bond donors (Lipinski definition) is 2. The maximum atomic E-state index is 10.1. The molecule has 100 valence electrons.